The largest absolute Gasteiger partial charge is 0.368 e. The lowest BCUT2D eigenvalue weighted by Crippen LogP contribution is -2.40. The van der Waals surface area contributed by atoms with Crippen molar-refractivity contribution in [2.75, 3.05) is 11.4 Å². The van der Waals surface area contributed by atoms with Crippen molar-refractivity contribution >= 4 is 45.2 Å². The Morgan fingerprint density at radius 1 is 0.914 bits per heavy atom. The maximum atomic E-state index is 13.6. The normalized spacial score (nSPS) is 22.4. The van der Waals surface area contributed by atoms with Crippen LogP contribution in [0.2, 0.25) is 0 Å². The number of imide groups is 1. The van der Waals surface area contributed by atoms with Crippen LogP contribution in [0.3, 0.4) is 0 Å². The van der Waals surface area contributed by atoms with E-state index in [1.807, 2.05) is 36.4 Å². The fraction of sp³-hybridized carbons (Fsp3) is 0.222. The molecule has 2 aliphatic heterocycles. The molecular weight excluding hydrogens is 444 g/mol. The molecule has 2 saturated heterocycles. The van der Waals surface area contributed by atoms with Crippen molar-refractivity contribution in [1.29, 1.82) is 0 Å². The molecule has 2 N–H and O–H groups in total. The number of primary amides is 1. The molecule has 8 heteroatoms. The number of carbonyl (C=O) groups excluding carboxylic acids is 3. The molecule has 2 aliphatic rings. The Morgan fingerprint density at radius 2 is 1.63 bits per heavy atom. The van der Waals surface area contributed by atoms with Crippen molar-refractivity contribution in [3.8, 4) is 0 Å². The number of nitrogens with two attached hydrogens (primary N) is 1. The van der Waals surface area contributed by atoms with Gasteiger partial charge >= 0.3 is 0 Å². The number of hydrogen-bond acceptors (Lipinski definition) is 5. The van der Waals surface area contributed by atoms with Gasteiger partial charge < -0.3 is 10.3 Å². The molecule has 35 heavy (non-hydrogen) atoms. The van der Waals surface area contributed by atoms with Gasteiger partial charge in [0.2, 0.25) is 11.8 Å². The Morgan fingerprint density at radius 3 is 2.37 bits per heavy atom. The zero-order chi connectivity index (χ0) is 24.3. The smallest absolute Gasteiger partial charge is 0.265 e. The number of carbonyl (C=O) groups is 3. The van der Waals surface area contributed by atoms with Crippen LogP contribution in [0.4, 0.5) is 5.69 Å². The van der Waals surface area contributed by atoms with Gasteiger partial charge in [0, 0.05) is 28.4 Å². The van der Waals surface area contributed by atoms with Crippen LogP contribution in [-0.2, 0) is 25.8 Å². The zero-order valence-electron chi connectivity index (χ0n) is 19.1. The minimum atomic E-state index is -1.01. The van der Waals surface area contributed by atoms with Gasteiger partial charge in [-0.25, -0.2) is 4.90 Å². The Balaban J connectivity index is 1.49. The number of fused-ring (bicyclic) bond motifs is 4. The Bertz CT molecular complexity index is 1500. The second kappa shape index (κ2) is 8.04. The molecule has 176 valence electrons. The second-order valence-electron chi connectivity index (χ2n) is 8.92. The number of hydrogen-bond donors (Lipinski definition) is 1. The lowest BCUT2D eigenvalue weighted by atomic mass is 9.90. The third-order valence-electron chi connectivity index (χ3n) is 6.98. The van der Waals surface area contributed by atoms with Crippen LogP contribution in [-0.4, -0.2) is 40.0 Å². The van der Waals surface area contributed by atoms with Crippen LogP contribution < -0.4 is 10.6 Å². The number of amides is 3. The van der Waals surface area contributed by atoms with Gasteiger partial charge in [0.15, 0.2) is 6.10 Å². The predicted octanol–water partition coefficient (Wildman–Crippen LogP) is 3.15. The second-order valence-corrected chi connectivity index (χ2v) is 8.92. The zero-order valence-corrected chi connectivity index (χ0v) is 19.1. The van der Waals surface area contributed by atoms with E-state index in [9.17, 15) is 14.4 Å². The fourth-order valence-electron chi connectivity index (χ4n) is 5.56. The third kappa shape index (κ3) is 3.18. The highest BCUT2D eigenvalue weighted by atomic mass is 16.7. The van der Waals surface area contributed by atoms with E-state index in [4.69, 9.17) is 10.6 Å². The molecule has 0 aliphatic carbocycles. The van der Waals surface area contributed by atoms with Crippen molar-refractivity contribution in [1.82, 2.24) is 9.63 Å². The van der Waals surface area contributed by atoms with Crippen LogP contribution in [0.1, 0.15) is 18.5 Å². The molecule has 6 rings (SSSR count). The Labute approximate surface area is 201 Å². The molecule has 3 atom stereocenters. The highest BCUT2D eigenvalue weighted by Crippen LogP contribution is 2.46. The summed E-state index contributed by atoms with van der Waals surface area (Å²) in [6.45, 7) is 2.69. The average molecular weight is 469 g/mol. The molecule has 3 unspecified atom stereocenters. The summed E-state index contributed by atoms with van der Waals surface area (Å²) in [6, 6.07) is 22.4. The number of benzene rings is 3. The van der Waals surface area contributed by atoms with Crippen LogP contribution in [0.15, 0.2) is 72.8 Å². The summed E-state index contributed by atoms with van der Waals surface area (Å²) in [5.74, 6) is -2.18. The highest BCUT2D eigenvalue weighted by Gasteiger charge is 2.60. The van der Waals surface area contributed by atoms with Crippen LogP contribution in [0.5, 0.6) is 0 Å². The predicted molar refractivity (Wildman–Crippen MR) is 131 cm³/mol. The number of nitrogens with zero attached hydrogens (tertiary/aromatic N) is 3. The number of anilines is 1. The molecule has 8 nitrogen and oxygen atoms in total. The molecule has 0 saturated carbocycles. The van der Waals surface area contributed by atoms with Gasteiger partial charge in [-0.3, -0.25) is 19.2 Å². The van der Waals surface area contributed by atoms with Crippen molar-refractivity contribution in [3.63, 3.8) is 0 Å². The molecule has 4 aromatic rings. The van der Waals surface area contributed by atoms with Gasteiger partial charge in [-0.2, -0.15) is 5.06 Å². The van der Waals surface area contributed by atoms with Gasteiger partial charge in [0.25, 0.3) is 5.91 Å². The lowest BCUT2D eigenvalue weighted by Gasteiger charge is -2.26. The van der Waals surface area contributed by atoms with Crippen LogP contribution >= 0.6 is 0 Å². The molecule has 3 heterocycles. The van der Waals surface area contributed by atoms with Crippen molar-refractivity contribution in [2.24, 2.45) is 11.7 Å². The maximum absolute atomic E-state index is 13.6. The van der Waals surface area contributed by atoms with E-state index in [0.717, 1.165) is 33.9 Å². The van der Waals surface area contributed by atoms with E-state index < -0.39 is 29.9 Å². The first-order chi connectivity index (χ1) is 17.0. The quantitative estimate of drug-likeness (QED) is 0.454. The summed E-state index contributed by atoms with van der Waals surface area (Å²) in [4.78, 5) is 45.9. The number of para-hydroxylation sites is 2. The monoisotopic (exact) mass is 468 g/mol. The van der Waals surface area contributed by atoms with Gasteiger partial charge in [-0.1, -0.05) is 42.5 Å². The van der Waals surface area contributed by atoms with Gasteiger partial charge in [0.05, 0.1) is 17.6 Å². The van der Waals surface area contributed by atoms with E-state index in [2.05, 4.69) is 23.6 Å². The number of aryl methyl sites for hydroxylation is 1. The van der Waals surface area contributed by atoms with Crippen LogP contribution in [0.25, 0.3) is 21.8 Å². The SMILES string of the molecule is CCn1c2ccccc2c2cc(C3C4C(=O)N(c5ccccc5)C(=O)C4ON3CC(N)=O)ccc21. The van der Waals surface area contributed by atoms with Crippen LogP contribution in [0, 0.1) is 5.92 Å². The molecule has 1 aromatic heterocycles. The third-order valence-corrected chi connectivity index (χ3v) is 6.98. The molecule has 3 amide bonds. The number of rotatable bonds is 5. The summed E-state index contributed by atoms with van der Waals surface area (Å²) in [5.41, 5.74) is 8.99. The first-order valence-electron chi connectivity index (χ1n) is 11.6. The molecule has 0 radical (unpaired) electrons. The van der Waals surface area contributed by atoms with E-state index in [1.165, 1.54) is 9.96 Å². The first-order valence-corrected chi connectivity index (χ1v) is 11.6. The first kappa shape index (κ1) is 21.5. The van der Waals surface area contributed by atoms with Gasteiger partial charge in [-0.15, -0.1) is 0 Å². The van der Waals surface area contributed by atoms with Gasteiger partial charge in [-0.05, 0) is 42.8 Å². The van der Waals surface area contributed by atoms with E-state index >= 15 is 0 Å². The lowest BCUT2D eigenvalue weighted by molar-refractivity contribution is -0.175. The van der Waals surface area contributed by atoms with Crippen molar-refractivity contribution < 1.29 is 19.2 Å². The van der Waals surface area contributed by atoms with Crippen molar-refractivity contribution in [2.45, 2.75) is 25.6 Å². The summed E-state index contributed by atoms with van der Waals surface area (Å²) >= 11 is 0. The standard InChI is InChI=1S/C27H24N4O4/c1-2-29-20-11-7-6-10-18(20)19-14-16(12-13-21(19)29)24-23-25(35-30(24)15-22(28)32)27(34)31(26(23)33)17-8-4-3-5-9-17/h3-14,23-25H,2,15H2,1H3,(H2,28,32). The Kier molecular flexibility index (Phi) is 4.94. The fourth-order valence-corrected chi connectivity index (χ4v) is 5.56. The molecular formula is C27H24N4O4. The number of aromatic nitrogens is 1. The molecule has 0 bridgehead atoms. The van der Waals surface area contributed by atoms with Crippen molar-refractivity contribution in [3.05, 3.63) is 78.4 Å². The van der Waals surface area contributed by atoms with E-state index in [1.54, 1.807) is 24.3 Å². The minimum absolute atomic E-state index is 0.224. The highest BCUT2D eigenvalue weighted by molar-refractivity contribution is 6.23. The van der Waals surface area contributed by atoms with Gasteiger partial charge in [0.1, 0.15) is 6.54 Å². The topological polar surface area (TPSA) is 97.9 Å². The van der Waals surface area contributed by atoms with E-state index in [0.29, 0.717) is 5.69 Å². The summed E-state index contributed by atoms with van der Waals surface area (Å²) < 4.78 is 2.24. The minimum Gasteiger partial charge on any atom is -0.368 e. The Hall–Kier alpha value is -4.01. The summed E-state index contributed by atoms with van der Waals surface area (Å²) in [7, 11) is 0. The number of hydroxylamine groups is 2. The molecule has 0 spiro atoms. The molecule has 2 fully saturated rings. The van der Waals surface area contributed by atoms with E-state index in [-0.39, 0.29) is 12.5 Å². The average Bonchev–Trinajstić information content (AvgIpc) is 3.46. The molecule has 3 aromatic carbocycles. The summed E-state index contributed by atoms with van der Waals surface area (Å²) in [5, 5.41) is 3.54. The maximum Gasteiger partial charge on any atom is 0.265 e. The summed E-state index contributed by atoms with van der Waals surface area (Å²) in [6.07, 6.45) is -1.01.